The molecule has 1 heterocycles. The van der Waals surface area contributed by atoms with E-state index in [1.165, 1.54) is 11.1 Å². The first-order valence-corrected chi connectivity index (χ1v) is 8.54. The van der Waals surface area contributed by atoms with Crippen molar-refractivity contribution >= 4 is 17.8 Å². The lowest BCUT2D eigenvalue weighted by Crippen LogP contribution is -1.96. The molecule has 4 heteroatoms. The quantitative estimate of drug-likeness (QED) is 0.644. The Morgan fingerprint density at radius 2 is 1.74 bits per heavy atom. The number of benzene rings is 2. The van der Waals surface area contributed by atoms with Crippen molar-refractivity contribution in [3.63, 3.8) is 0 Å². The van der Waals surface area contributed by atoms with Gasteiger partial charge in [0.25, 0.3) is 0 Å². The summed E-state index contributed by atoms with van der Waals surface area (Å²) < 4.78 is 2.06. The van der Waals surface area contributed by atoms with Crippen molar-refractivity contribution in [2.45, 2.75) is 12.1 Å². The van der Waals surface area contributed by atoms with E-state index in [9.17, 15) is 0 Å². The molecule has 0 saturated carbocycles. The Bertz CT molecular complexity index is 806. The lowest BCUT2D eigenvalue weighted by molar-refractivity contribution is 0.794. The Hall–Kier alpha value is -2.33. The largest absolute Gasteiger partial charge is 0.305 e. The van der Waals surface area contributed by atoms with Crippen LogP contribution in [0, 0.1) is 6.92 Å². The number of aromatic nitrogens is 3. The molecule has 0 spiro atoms. The van der Waals surface area contributed by atoms with E-state index in [2.05, 4.69) is 58.1 Å². The molecule has 3 nitrogen and oxygen atoms in total. The van der Waals surface area contributed by atoms with Gasteiger partial charge in [0, 0.05) is 18.4 Å². The van der Waals surface area contributed by atoms with Crippen LogP contribution in [-0.4, -0.2) is 20.5 Å². The Morgan fingerprint density at radius 1 is 1.00 bits per heavy atom. The monoisotopic (exact) mass is 321 g/mol. The van der Waals surface area contributed by atoms with Gasteiger partial charge in [-0.3, -0.25) is 0 Å². The molecule has 0 saturated heterocycles. The van der Waals surface area contributed by atoms with Gasteiger partial charge in [-0.05, 0) is 18.1 Å². The van der Waals surface area contributed by atoms with Crippen molar-refractivity contribution < 1.29 is 0 Å². The minimum atomic E-state index is 0.870. The molecule has 3 aromatic rings. The summed E-state index contributed by atoms with van der Waals surface area (Å²) in [6.45, 7) is 2.10. The molecule has 0 bridgehead atoms. The molecule has 0 radical (unpaired) electrons. The number of rotatable bonds is 5. The van der Waals surface area contributed by atoms with Gasteiger partial charge < -0.3 is 4.57 Å². The van der Waals surface area contributed by atoms with Crippen LogP contribution in [0.15, 0.2) is 65.8 Å². The van der Waals surface area contributed by atoms with Gasteiger partial charge in [-0.1, -0.05) is 78.5 Å². The van der Waals surface area contributed by atoms with Crippen LogP contribution in [0.2, 0.25) is 0 Å². The fraction of sp³-hybridized carbons (Fsp3) is 0.158. The van der Waals surface area contributed by atoms with Crippen molar-refractivity contribution in [1.29, 1.82) is 0 Å². The highest BCUT2D eigenvalue weighted by molar-refractivity contribution is 7.99. The molecule has 116 valence electrons. The van der Waals surface area contributed by atoms with Crippen molar-refractivity contribution in [3.05, 3.63) is 71.8 Å². The normalized spacial score (nSPS) is 11.2. The van der Waals surface area contributed by atoms with Crippen molar-refractivity contribution in [3.8, 4) is 11.4 Å². The van der Waals surface area contributed by atoms with Crippen molar-refractivity contribution in [2.75, 3.05) is 5.75 Å². The Labute approximate surface area is 141 Å². The summed E-state index contributed by atoms with van der Waals surface area (Å²) in [7, 11) is 2.02. The third-order valence-electron chi connectivity index (χ3n) is 3.64. The second kappa shape index (κ2) is 7.29. The molecule has 3 rings (SSSR count). The fourth-order valence-corrected chi connectivity index (χ4v) is 3.09. The van der Waals surface area contributed by atoms with Crippen LogP contribution in [0.3, 0.4) is 0 Å². The molecule has 0 atom stereocenters. The van der Waals surface area contributed by atoms with Gasteiger partial charge in [0.1, 0.15) is 0 Å². The van der Waals surface area contributed by atoms with E-state index in [-0.39, 0.29) is 0 Å². The first-order chi connectivity index (χ1) is 11.3. The van der Waals surface area contributed by atoms with Gasteiger partial charge in [0.05, 0.1) is 0 Å². The van der Waals surface area contributed by atoms with E-state index in [0.717, 1.165) is 22.3 Å². The minimum Gasteiger partial charge on any atom is -0.305 e. The Kier molecular flexibility index (Phi) is 4.93. The standard InChI is InChI=1S/C19H19N3S/c1-15-9-6-7-13-17(15)18-20-21-19(22(18)2)23-14-8-12-16-10-4-3-5-11-16/h3-13H,14H2,1-2H3. The van der Waals surface area contributed by atoms with Gasteiger partial charge in [0.2, 0.25) is 0 Å². The summed E-state index contributed by atoms with van der Waals surface area (Å²) in [5.41, 5.74) is 3.56. The van der Waals surface area contributed by atoms with Crippen molar-refractivity contribution in [1.82, 2.24) is 14.8 Å². The van der Waals surface area contributed by atoms with E-state index < -0.39 is 0 Å². The van der Waals surface area contributed by atoms with Gasteiger partial charge >= 0.3 is 0 Å². The number of nitrogens with zero attached hydrogens (tertiary/aromatic N) is 3. The summed E-state index contributed by atoms with van der Waals surface area (Å²) in [5.74, 6) is 1.78. The molecule has 0 N–H and O–H groups in total. The van der Waals surface area contributed by atoms with E-state index in [1.807, 2.05) is 37.4 Å². The molecule has 0 amide bonds. The zero-order valence-corrected chi connectivity index (χ0v) is 14.1. The van der Waals surface area contributed by atoms with Crippen molar-refractivity contribution in [2.24, 2.45) is 7.05 Å². The highest BCUT2D eigenvalue weighted by atomic mass is 32.2. The van der Waals surface area contributed by atoms with Crippen LogP contribution in [0.1, 0.15) is 11.1 Å². The molecule has 0 unspecified atom stereocenters. The summed E-state index contributed by atoms with van der Waals surface area (Å²) in [6, 6.07) is 18.6. The van der Waals surface area contributed by atoms with Crippen LogP contribution in [0.5, 0.6) is 0 Å². The topological polar surface area (TPSA) is 30.7 Å². The molecule has 0 aliphatic carbocycles. The highest BCUT2D eigenvalue weighted by Crippen LogP contribution is 2.25. The molecule has 2 aromatic carbocycles. The molecular weight excluding hydrogens is 302 g/mol. The minimum absolute atomic E-state index is 0.870. The number of hydrogen-bond donors (Lipinski definition) is 0. The summed E-state index contributed by atoms with van der Waals surface area (Å²) >= 11 is 1.69. The van der Waals surface area contributed by atoms with E-state index in [1.54, 1.807) is 11.8 Å². The lowest BCUT2D eigenvalue weighted by atomic mass is 10.1. The summed E-state index contributed by atoms with van der Waals surface area (Å²) in [4.78, 5) is 0. The van der Waals surface area contributed by atoms with Crippen LogP contribution in [0.4, 0.5) is 0 Å². The number of hydrogen-bond acceptors (Lipinski definition) is 3. The van der Waals surface area contributed by atoms with Crippen LogP contribution in [-0.2, 0) is 7.05 Å². The fourth-order valence-electron chi connectivity index (χ4n) is 2.37. The zero-order valence-electron chi connectivity index (χ0n) is 13.3. The molecule has 23 heavy (non-hydrogen) atoms. The summed E-state index contributed by atoms with van der Waals surface area (Å²) in [5, 5.41) is 9.60. The molecule has 0 aliphatic heterocycles. The Morgan fingerprint density at radius 3 is 2.52 bits per heavy atom. The van der Waals surface area contributed by atoms with E-state index in [4.69, 9.17) is 0 Å². The van der Waals surface area contributed by atoms with Crippen LogP contribution in [0.25, 0.3) is 17.5 Å². The molecule has 1 aromatic heterocycles. The molecular formula is C19H19N3S. The van der Waals surface area contributed by atoms with Gasteiger partial charge in [-0.15, -0.1) is 10.2 Å². The average molecular weight is 321 g/mol. The SMILES string of the molecule is Cc1ccccc1-c1nnc(SCC=Cc2ccccc2)n1C. The molecule has 0 fully saturated rings. The molecule has 0 aliphatic rings. The second-order valence-corrected chi connectivity index (χ2v) is 6.29. The summed E-state index contributed by atoms with van der Waals surface area (Å²) in [6.07, 6.45) is 4.29. The van der Waals surface area contributed by atoms with Gasteiger partial charge in [-0.25, -0.2) is 0 Å². The maximum Gasteiger partial charge on any atom is 0.191 e. The third kappa shape index (κ3) is 3.71. The van der Waals surface area contributed by atoms with Gasteiger partial charge in [-0.2, -0.15) is 0 Å². The lowest BCUT2D eigenvalue weighted by Gasteiger charge is -2.05. The zero-order chi connectivity index (χ0) is 16.1. The second-order valence-electron chi connectivity index (χ2n) is 5.30. The first-order valence-electron chi connectivity index (χ1n) is 7.55. The van der Waals surface area contributed by atoms with E-state index >= 15 is 0 Å². The third-order valence-corrected chi connectivity index (χ3v) is 4.61. The van der Waals surface area contributed by atoms with E-state index in [0.29, 0.717) is 0 Å². The number of aryl methyl sites for hydroxylation is 1. The maximum atomic E-state index is 4.35. The predicted molar refractivity (Wildman–Crippen MR) is 97.4 cm³/mol. The highest BCUT2D eigenvalue weighted by Gasteiger charge is 2.11. The van der Waals surface area contributed by atoms with Crippen LogP contribution >= 0.6 is 11.8 Å². The van der Waals surface area contributed by atoms with Gasteiger partial charge in [0.15, 0.2) is 11.0 Å². The number of thioether (sulfide) groups is 1. The maximum absolute atomic E-state index is 4.35. The smallest absolute Gasteiger partial charge is 0.191 e. The average Bonchev–Trinajstić information content (AvgIpc) is 2.94. The van der Waals surface area contributed by atoms with Crippen LogP contribution < -0.4 is 0 Å². The Balaban J connectivity index is 1.68. The predicted octanol–water partition coefficient (Wildman–Crippen LogP) is 4.60. The first kappa shape index (κ1) is 15.6.